The Morgan fingerprint density at radius 2 is 1.06 bits per heavy atom. The van der Waals surface area contributed by atoms with E-state index in [0.717, 1.165) is 0 Å². The fourth-order valence-corrected chi connectivity index (χ4v) is 5.73. The summed E-state index contributed by atoms with van der Waals surface area (Å²) in [4.78, 5) is 0. The molecule has 0 fully saturated rings. The van der Waals surface area contributed by atoms with Crippen LogP contribution in [-0.2, 0) is 0 Å². The third-order valence-corrected chi connectivity index (χ3v) is 6.57. The zero-order valence-corrected chi connectivity index (χ0v) is 14.9. The molecular weight excluding hydrogens is 347 g/mol. The molecule has 0 saturated heterocycles. The van der Waals surface area contributed by atoms with E-state index in [4.69, 9.17) is 10.3 Å². The summed E-state index contributed by atoms with van der Waals surface area (Å²) in [6.07, 6.45) is 8.73. The first-order chi connectivity index (χ1) is 8.08. The number of hydrogen-bond donors (Lipinski definition) is 1. The summed E-state index contributed by atoms with van der Waals surface area (Å²) >= 11 is -3.76. The van der Waals surface area contributed by atoms with Crippen molar-refractivity contribution in [2.45, 2.75) is 77.4 Å². The fraction of sp³-hybridized carbons (Fsp3) is 1.00. The predicted molar refractivity (Wildman–Crippen MR) is 68.5 cm³/mol. The van der Waals surface area contributed by atoms with Crippen LogP contribution in [0.1, 0.15) is 59.3 Å². The maximum absolute atomic E-state index is 8.68. The number of hydrogen-bond acceptors (Lipinski definition) is 3. The van der Waals surface area contributed by atoms with Gasteiger partial charge in [0.1, 0.15) is 0 Å². The average Bonchev–Trinajstić information content (AvgIpc) is 2.27. The third kappa shape index (κ3) is 22.5. The standard InChI is InChI=1S/C12H28Si.HIO3/c1-4-7-10-13(11-8-5-2)12-9-6-3;2-1(3)4/h13H,4-12H2,1-3H3;2H. The molecular formula is C12H29IO3Si. The normalized spacial score (nSPS) is 10.6. The summed E-state index contributed by atoms with van der Waals surface area (Å²) < 4.78 is 24.5. The summed E-state index contributed by atoms with van der Waals surface area (Å²) in [7, 11) is -0.287. The van der Waals surface area contributed by atoms with Crippen LogP contribution in [-0.4, -0.2) is 12.2 Å². The van der Waals surface area contributed by atoms with Crippen molar-refractivity contribution in [1.29, 1.82) is 0 Å². The molecule has 0 bridgehead atoms. The Kier molecular flexibility index (Phi) is 19.9. The lowest BCUT2D eigenvalue weighted by atomic mass is 10.4. The highest BCUT2D eigenvalue weighted by Gasteiger charge is 2.08. The molecule has 17 heavy (non-hydrogen) atoms. The van der Waals surface area contributed by atoms with E-state index in [1.807, 2.05) is 0 Å². The summed E-state index contributed by atoms with van der Waals surface area (Å²) in [5.74, 6) is 0. The van der Waals surface area contributed by atoms with E-state index >= 15 is 0 Å². The van der Waals surface area contributed by atoms with E-state index in [0.29, 0.717) is 0 Å². The van der Waals surface area contributed by atoms with Gasteiger partial charge in [0, 0.05) is 8.80 Å². The molecule has 0 atom stereocenters. The first-order valence-electron chi connectivity index (χ1n) is 6.82. The van der Waals surface area contributed by atoms with Crippen LogP contribution in [0.4, 0.5) is 0 Å². The van der Waals surface area contributed by atoms with E-state index in [1.54, 1.807) is 18.1 Å². The highest BCUT2D eigenvalue weighted by molar-refractivity contribution is 6.58. The monoisotopic (exact) mass is 376 g/mol. The molecule has 0 aliphatic rings. The van der Waals surface area contributed by atoms with Crippen molar-refractivity contribution in [2.75, 3.05) is 0 Å². The predicted octanol–water partition coefficient (Wildman–Crippen LogP) is -1.32. The highest BCUT2D eigenvalue weighted by Crippen LogP contribution is 2.16. The molecule has 0 aliphatic heterocycles. The SMILES string of the molecule is CCCC[SiH](CCCC)CCCC.[O-][I+2]([O-])O. The quantitative estimate of drug-likeness (QED) is 0.401. The Bertz CT molecular complexity index is 115. The topological polar surface area (TPSA) is 66.3 Å². The second-order valence-corrected chi connectivity index (χ2v) is 9.11. The molecule has 1 N–H and O–H groups in total. The van der Waals surface area contributed by atoms with Gasteiger partial charge < -0.3 is 6.87 Å². The van der Waals surface area contributed by atoms with Gasteiger partial charge in [-0.2, -0.15) is 0 Å². The van der Waals surface area contributed by atoms with E-state index in [2.05, 4.69) is 20.8 Å². The number of halogens is 1. The van der Waals surface area contributed by atoms with E-state index < -0.39 is 21.1 Å². The van der Waals surface area contributed by atoms with Gasteiger partial charge in [-0.1, -0.05) is 77.4 Å². The number of rotatable bonds is 9. The molecule has 0 heterocycles. The zero-order chi connectivity index (χ0) is 13.5. The smallest absolute Gasteiger partial charge is 0.396 e. The Hall–Kier alpha value is 0.827. The minimum Gasteiger partial charge on any atom is -0.396 e. The Balaban J connectivity index is 0. The van der Waals surface area contributed by atoms with Crippen molar-refractivity contribution < 1.29 is 31.4 Å². The lowest BCUT2D eigenvalue weighted by molar-refractivity contribution is -1.63. The molecule has 3 nitrogen and oxygen atoms in total. The van der Waals surface area contributed by atoms with Crippen LogP contribution in [0.2, 0.25) is 18.1 Å². The van der Waals surface area contributed by atoms with Gasteiger partial charge in [-0.05, 0) is 3.44 Å². The van der Waals surface area contributed by atoms with Crippen molar-refractivity contribution in [2.24, 2.45) is 0 Å². The highest BCUT2D eigenvalue weighted by atomic mass is 127. The van der Waals surface area contributed by atoms with Crippen LogP contribution in [0.15, 0.2) is 0 Å². The summed E-state index contributed by atoms with van der Waals surface area (Å²) in [6, 6.07) is 4.86. The fourth-order valence-electron chi connectivity index (χ4n) is 1.91. The minimum absolute atomic E-state index is 0.287. The van der Waals surface area contributed by atoms with E-state index in [9.17, 15) is 0 Å². The maximum Gasteiger partial charge on any atom is 0.503 e. The third-order valence-electron chi connectivity index (χ3n) is 2.90. The summed E-state index contributed by atoms with van der Waals surface area (Å²) in [5.41, 5.74) is 0. The minimum atomic E-state index is -3.76. The molecule has 0 amide bonds. The molecule has 0 aromatic heterocycles. The molecule has 0 saturated carbocycles. The Morgan fingerprint density at radius 1 is 0.824 bits per heavy atom. The average molecular weight is 376 g/mol. The summed E-state index contributed by atoms with van der Waals surface area (Å²) in [5, 5.41) is 0. The van der Waals surface area contributed by atoms with Gasteiger partial charge in [0.2, 0.25) is 0 Å². The van der Waals surface area contributed by atoms with Crippen LogP contribution < -0.4 is 27.9 Å². The maximum atomic E-state index is 8.68. The molecule has 0 unspecified atom stereocenters. The van der Waals surface area contributed by atoms with Gasteiger partial charge in [0.25, 0.3) is 0 Å². The van der Waals surface area contributed by atoms with E-state index in [1.165, 1.54) is 38.5 Å². The van der Waals surface area contributed by atoms with Gasteiger partial charge in [-0.15, -0.1) is 0 Å². The van der Waals surface area contributed by atoms with Gasteiger partial charge in [0.15, 0.2) is 0 Å². The van der Waals surface area contributed by atoms with Gasteiger partial charge in [-0.25, -0.2) is 0 Å². The van der Waals surface area contributed by atoms with Crippen LogP contribution >= 0.6 is 0 Å². The largest absolute Gasteiger partial charge is 0.503 e. The first kappa shape index (κ1) is 20.2. The van der Waals surface area contributed by atoms with Crippen LogP contribution in [0.3, 0.4) is 0 Å². The van der Waals surface area contributed by atoms with Crippen molar-refractivity contribution in [3.05, 3.63) is 0 Å². The van der Waals surface area contributed by atoms with Gasteiger partial charge in [-0.3, -0.25) is 0 Å². The molecule has 0 aromatic carbocycles. The molecule has 0 rings (SSSR count). The molecule has 5 heteroatoms. The lowest BCUT2D eigenvalue weighted by Crippen LogP contribution is -3.98. The molecule has 0 radical (unpaired) electrons. The van der Waals surface area contributed by atoms with Gasteiger partial charge >= 0.3 is 21.1 Å². The van der Waals surface area contributed by atoms with Crippen molar-refractivity contribution >= 4 is 8.80 Å². The van der Waals surface area contributed by atoms with Crippen LogP contribution in [0.25, 0.3) is 0 Å². The molecule has 0 spiro atoms. The van der Waals surface area contributed by atoms with Crippen molar-refractivity contribution in [3.63, 3.8) is 0 Å². The second-order valence-electron chi connectivity index (χ2n) is 4.49. The van der Waals surface area contributed by atoms with Crippen LogP contribution in [0, 0.1) is 0 Å². The van der Waals surface area contributed by atoms with E-state index in [-0.39, 0.29) is 8.80 Å². The van der Waals surface area contributed by atoms with Crippen molar-refractivity contribution in [1.82, 2.24) is 0 Å². The number of unbranched alkanes of at least 4 members (excludes halogenated alkanes) is 3. The first-order valence-corrected chi connectivity index (χ1v) is 12.0. The molecule has 0 aliphatic carbocycles. The molecule has 0 aromatic rings. The van der Waals surface area contributed by atoms with Crippen molar-refractivity contribution in [3.8, 4) is 0 Å². The Morgan fingerprint density at radius 3 is 1.24 bits per heavy atom. The second kappa shape index (κ2) is 16.8. The molecule has 106 valence electrons. The zero-order valence-electron chi connectivity index (χ0n) is 11.6. The lowest BCUT2D eigenvalue weighted by Gasteiger charge is -2.13. The summed E-state index contributed by atoms with van der Waals surface area (Å²) in [6.45, 7) is 6.97. The Labute approximate surface area is 117 Å². The van der Waals surface area contributed by atoms with Crippen LogP contribution in [0.5, 0.6) is 0 Å². The van der Waals surface area contributed by atoms with Gasteiger partial charge in [0.05, 0.1) is 0 Å².